The fourth-order valence-electron chi connectivity index (χ4n) is 3.13. The molecule has 1 amide bonds. The van der Waals surface area contributed by atoms with Crippen molar-refractivity contribution < 1.29 is 14.3 Å². The first kappa shape index (κ1) is 15.2. The van der Waals surface area contributed by atoms with Crippen molar-refractivity contribution in [2.75, 3.05) is 39.4 Å². The lowest BCUT2D eigenvalue weighted by Gasteiger charge is -2.27. The highest BCUT2D eigenvalue weighted by molar-refractivity contribution is 6.01. The molecular formula is C17H22N2O3. The molecule has 1 unspecified atom stereocenters. The molecule has 1 aromatic carbocycles. The monoisotopic (exact) mass is 302 g/mol. The van der Waals surface area contributed by atoms with Gasteiger partial charge in [0.15, 0.2) is 5.78 Å². The van der Waals surface area contributed by atoms with Crippen LogP contribution in [-0.2, 0) is 16.0 Å². The minimum absolute atomic E-state index is 0.00360. The molecule has 5 nitrogen and oxygen atoms in total. The predicted molar refractivity (Wildman–Crippen MR) is 82.9 cm³/mol. The molecule has 1 saturated heterocycles. The van der Waals surface area contributed by atoms with Gasteiger partial charge in [-0.05, 0) is 12.0 Å². The lowest BCUT2D eigenvalue weighted by Crippen LogP contribution is -2.43. The first-order valence-corrected chi connectivity index (χ1v) is 7.93. The molecule has 1 fully saturated rings. The summed E-state index contributed by atoms with van der Waals surface area (Å²) < 4.78 is 5.30. The zero-order valence-corrected chi connectivity index (χ0v) is 12.7. The van der Waals surface area contributed by atoms with E-state index < -0.39 is 0 Å². The van der Waals surface area contributed by atoms with Crippen LogP contribution in [0.15, 0.2) is 24.3 Å². The molecule has 22 heavy (non-hydrogen) atoms. The van der Waals surface area contributed by atoms with Crippen molar-refractivity contribution in [3.05, 3.63) is 35.4 Å². The van der Waals surface area contributed by atoms with Gasteiger partial charge in [-0.3, -0.25) is 14.5 Å². The number of amides is 1. The fraction of sp³-hybridized carbons (Fsp3) is 0.529. The molecule has 0 saturated carbocycles. The van der Waals surface area contributed by atoms with Crippen LogP contribution in [0.5, 0.6) is 0 Å². The number of ether oxygens (including phenoxy) is 1. The number of hydrogen-bond acceptors (Lipinski definition) is 4. The van der Waals surface area contributed by atoms with Crippen molar-refractivity contribution in [2.45, 2.75) is 12.8 Å². The van der Waals surface area contributed by atoms with Crippen LogP contribution >= 0.6 is 0 Å². The van der Waals surface area contributed by atoms with Crippen LogP contribution in [0.1, 0.15) is 22.3 Å². The first-order chi connectivity index (χ1) is 10.7. The third-order valence-corrected chi connectivity index (χ3v) is 4.42. The summed E-state index contributed by atoms with van der Waals surface area (Å²) in [6.07, 6.45) is 0.978. The second-order valence-corrected chi connectivity index (χ2v) is 5.93. The van der Waals surface area contributed by atoms with Gasteiger partial charge in [-0.1, -0.05) is 24.3 Å². The maximum Gasteiger partial charge on any atom is 0.223 e. The summed E-state index contributed by atoms with van der Waals surface area (Å²) >= 11 is 0. The maximum absolute atomic E-state index is 12.3. The zero-order valence-electron chi connectivity index (χ0n) is 12.7. The summed E-state index contributed by atoms with van der Waals surface area (Å²) in [5.74, 6) is -0.154. The number of morpholine rings is 1. The highest BCUT2D eigenvalue weighted by atomic mass is 16.5. The van der Waals surface area contributed by atoms with E-state index in [1.54, 1.807) is 0 Å². The largest absolute Gasteiger partial charge is 0.379 e. The van der Waals surface area contributed by atoms with Crippen molar-refractivity contribution in [3.8, 4) is 0 Å². The lowest BCUT2D eigenvalue weighted by atomic mass is 9.82. The zero-order chi connectivity index (χ0) is 15.4. The molecule has 0 bridgehead atoms. The average molecular weight is 302 g/mol. The van der Waals surface area contributed by atoms with Crippen LogP contribution in [0.2, 0.25) is 0 Å². The summed E-state index contributed by atoms with van der Waals surface area (Å²) in [5, 5.41) is 2.98. The molecular weight excluding hydrogens is 280 g/mol. The number of Topliss-reactive ketones (excluding diaryl/α,β-unsaturated/α-hetero) is 1. The van der Waals surface area contributed by atoms with Crippen LogP contribution in [0.3, 0.4) is 0 Å². The Kier molecular flexibility index (Phi) is 4.85. The van der Waals surface area contributed by atoms with Gasteiger partial charge in [-0.15, -0.1) is 0 Å². The van der Waals surface area contributed by atoms with E-state index in [2.05, 4.69) is 10.2 Å². The van der Waals surface area contributed by atoms with Gasteiger partial charge in [0.05, 0.1) is 13.2 Å². The first-order valence-electron chi connectivity index (χ1n) is 7.93. The van der Waals surface area contributed by atoms with E-state index in [1.165, 1.54) is 0 Å². The van der Waals surface area contributed by atoms with Gasteiger partial charge >= 0.3 is 0 Å². The number of benzene rings is 1. The summed E-state index contributed by atoms with van der Waals surface area (Å²) in [6.45, 7) is 4.84. The predicted octanol–water partition coefficient (Wildman–Crippen LogP) is 0.880. The number of fused-ring (bicyclic) bond motifs is 1. The standard InChI is InChI=1S/C17H22N2O3/c20-16-12-14(11-13-3-1-2-4-15(13)16)17(21)18-5-6-19-7-9-22-10-8-19/h1-4,14H,5-12H2,(H,18,21). The Morgan fingerprint density at radius 3 is 2.82 bits per heavy atom. The number of rotatable bonds is 4. The van der Waals surface area contributed by atoms with Gasteiger partial charge in [0, 0.05) is 44.1 Å². The van der Waals surface area contributed by atoms with Gasteiger partial charge in [0.2, 0.25) is 5.91 Å². The molecule has 0 aromatic heterocycles. The van der Waals surface area contributed by atoms with Gasteiger partial charge in [-0.25, -0.2) is 0 Å². The second-order valence-electron chi connectivity index (χ2n) is 5.93. The normalized spacial score (nSPS) is 22.2. The van der Waals surface area contributed by atoms with Gasteiger partial charge in [0.25, 0.3) is 0 Å². The summed E-state index contributed by atoms with van der Waals surface area (Å²) in [6, 6.07) is 7.59. The van der Waals surface area contributed by atoms with E-state index in [0.29, 0.717) is 19.4 Å². The number of carbonyl (C=O) groups is 2. The summed E-state index contributed by atoms with van der Waals surface area (Å²) in [5.41, 5.74) is 1.77. The van der Waals surface area contributed by atoms with Crippen LogP contribution in [-0.4, -0.2) is 56.0 Å². The third kappa shape index (κ3) is 3.54. The molecule has 2 aliphatic rings. The van der Waals surface area contributed by atoms with Crippen LogP contribution in [0, 0.1) is 5.92 Å². The number of carbonyl (C=O) groups excluding carboxylic acids is 2. The second kappa shape index (κ2) is 7.03. The Balaban J connectivity index is 1.50. The topological polar surface area (TPSA) is 58.6 Å². The molecule has 1 aromatic rings. The number of nitrogens with zero attached hydrogens (tertiary/aromatic N) is 1. The van der Waals surface area contributed by atoms with E-state index >= 15 is 0 Å². The minimum atomic E-state index is -0.230. The molecule has 1 heterocycles. The number of hydrogen-bond donors (Lipinski definition) is 1. The smallest absolute Gasteiger partial charge is 0.223 e. The van der Waals surface area contributed by atoms with Crippen molar-refractivity contribution >= 4 is 11.7 Å². The molecule has 1 aliphatic heterocycles. The number of ketones is 1. The Labute approximate surface area is 130 Å². The van der Waals surface area contributed by atoms with Crippen molar-refractivity contribution in [1.82, 2.24) is 10.2 Å². The van der Waals surface area contributed by atoms with Gasteiger partial charge < -0.3 is 10.1 Å². The van der Waals surface area contributed by atoms with Crippen molar-refractivity contribution in [3.63, 3.8) is 0 Å². The summed E-state index contributed by atoms with van der Waals surface area (Å²) in [7, 11) is 0. The molecule has 1 aliphatic carbocycles. The highest BCUT2D eigenvalue weighted by Gasteiger charge is 2.29. The molecule has 0 radical (unpaired) electrons. The molecule has 1 atom stereocenters. The third-order valence-electron chi connectivity index (χ3n) is 4.42. The fourth-order valence-corrected chi connectivity index (χ4v) is 3.13. The Morgan fingerprint density at radius 2 is 2.00 bits per heavy atom. The van der Waals surface area contributed by atoms with E-state index in [1.807, 2.05) is 24.3 Å². The number of nitrogens with one attached hydrogen (secondary N) is 1. The Morgan fingerprint density at radius 1 is 1.23 bits per heavy atom. The molecule has 5 heteroatoms. The highest BCUT2D eigenvalue weighted by Crippen LogP contribution is 2.25. The minimum Gasteiger partial charge on any atom is -0.379 e. The van der Waals surface area contributed by atoms with Crippen LogP contribution in [0.4, 0.5) is 0 Å². The van der Waals surface area contributed by atoms with Gasteiger partial charge in [-0.2, -0.15) is 0 Å². The molecule has 1 N–H and O–H groups in total. The van der Waals surface area contributed by atoms with E-state index in [4.69, 9.17) is 4.74 Å². The Hall–Kier alpha value is -1.72. The average Bonchev–Trinajstić information content (AvgIpc) is 2.56. The Bertz CT molecular complexity index is 553. The quantitative estimate of drug-likeness (QED) is 0.897. The molecule has 0 spiro atoms. The molecule has 3 rings (SSSR count). The van der Waals surface area contributed by atoms with Crippen molar-refractivity contribution in [1.29, 1.82) is 0 Å². The van der Waals surface area contributed by atoms with Crippen LogP contribution in [0.25, 0.3) is 0 Å². The maximum atomic E-state index is 12.3. The van der Waals surface area contributed by atoms with Gasteiger partial charge in [0.1, 0.15) is 0 Å². The van der Waals surface area contributed by atoms with E-state index in [-0.39, 0.29) is 17.6 Å². The van der Waals surface area contributed by atoms with E-state index in [0.717, 1.165) is 44.0 Å². The molecule has 118 valence electrons. The van der Waals surface area contributed by atoms with E-state index in [9.17, 15) is 9.59 Å². The van der Waals surface area contributed by atoms with Crippen molar-refractivity contribution in [2.24, 2.45) is 5.92 Å². The summed E-state index contributed by atoms with van der Waals surface area (Å²) in [4.78, 5) is 26.7. The SMILES string of the molecule is O=C1CC(C(=O)NCCN2CCOCC2)Cc2ccccc21. The lowest BCUT2D eigenvalue weighted by molar-refractivity contribution is -0.125. The van der Waals surface area contributed by atoms with Crippen LogP contribution < -0.4 is 5.32 Å².